The van der Waals surface area contributed by atoms with E-state index in [2.05, 4.69) is 5.32 Å². The second-order valence-corrected chi connectivity index (χ2v) is 2.72. The van der Waals surface area contributed by atoms with Crippen molar-refractivity contribution in [1.29, 1.82) is 0 Å². The van der Waals surface area contributed by atoms with Crippen LogP contribution in [0, 0.1) is 12.7 Å². The first-order valence-electron chi connectivity index (χ1n) is 3.94. The number of nitrogen functional groups attached to an aromatic ring is 1. The van der Waals surface area contributed by atoms with E-state index in [1.807, 2.05) is 6.92 Å². The lowest BCUT2D eigenvalue weighted by molar-refractivity contribution is 0.619. The van der Waals surface area contributed by atoms with E-state index in [1.54, 1.807) is 13.0 Å². The first-order valence-corrected chi connectivity index (χ1v) is 3.94. The maximum Gasteiger partial charge on any atom is 0.128 e. The van der Waals surface area contributed by atoms with Gasteiger partial charge in [0.25, 0.3) is 0 Å². The number of hydrogen-bond donors (Lipinski definition) is 2. The molecule has 0 aliphatic carbocycles. The van der Waals surface area contributed by atoms with Gasteiger partial charge in [-0.1, -0.05) is 0 Å². The van der Waals surface area contributed by atoms with Crippen LogP contribution in [0.1, 0.15) is 12.5 Å². The van der Waals surface area contributed by atoms with E-state index in [1.165, 1.54) is 6.07 Å². The van der Waals surface area contributed by atoms with E-state index >= 15 is 0 Å². The molecule has 1 aromatic carbocycles. The molecule has 0 spiro atoms. The summed E-state index contributed by atoms with van der Waals surface area (Å²) in [4.78, 5) is 0. The van der Waals surface area contributed by atoms with E-state index in [0.29, 0.717) is 16.9 Å². The van der Waals surface area contributed by atoms with Crippen LogP contribution in [0.4, 0.5) is 15.8 Å². The van der Waals surface area contributed by atoms with Gasteiger partial charge in [-0.3, -0.25) is 0 Å². The van der Waals surface area contributed by atoms with Gasteiger partial charge in [0.15, 0.2) is 0 Å². The Morgan fingerprint density at radius 1 is 1.50 bits per heavy atom. The summed E-state index contributed by atoms with van der Waals surface area (Å²) in [5, 5.41) is 2.98. The van der Waals surface area contributed by atoms with Crippen LogP contribution in [-0.4, -0.2) is 6.54 Å². The number of nitrogens with one attached hydrogen (secondary N) is 1. The fourth-order valence-electron chi connectivity index (χ4n) is 1.05. The van der Waals surface area contributed by atoms with Gasteiger partial charge < -0.3 is 11.1 Å². The Morgan fingerprint density at radius 3 is 2.75 bits per heavy atom. The lowest BCUT2D eigenvalue weighted by atomic mass is 10.2. The molecule has 0 saturated carbocycles. The van der Waals surface area contributed by atoms with Gasteiger partial charge in [-0.15, -0.1) is 0 Å². The number of benzene rings is 1. The maximum absolute atomic E-state index is 13.0. The van der Waals surface area contributed by atoms with Crippen molar-refractivity contribution in [2.45, 2.75) is 13.8 Å². The smallest absolute Gasteiger partial charge is 0.128 e. The largest absolute Gasteiger partial charge is 0.397 e. The number of hydrogen-bond acceptors (Lipinski definition) is 2. The monoisotopic (exact) mass is 168 g/mol. The summed E-state index contributed by atoms with van der Waals surface area (Å²) in [5.41, 5.74) is 7.49. The molecule has 0 radical (unpaired) electrons. The summed E-state index contributed by atoms with van der Waals surface area (Å²) in [5.74, 6) is -0.222. The van der Waals surface area contributed by atoms with Gasteiger partial charge in [0, 0.05) is 6.54 Å². The van der Waals surface area contributed by atoms with Gasteiger partial charge in [0.05, 0.1) is 11.4 Å². The van der Waals surface area contributed by atoms with Crippen LogP contribution in [0.15, 0.2) is 12.1 Å². The molecule has 0 unspecified atom stereocenters. The van der Waals surface area contributed by atoms with E-state index < -0.39 is 0 Å². The normalized spacial score (nSPS) is 9.92. The molecule has 0 aromatic heterocycles. The van der Waals surface area contributed by atoms with E-state index in [0.717, 1.165) is 6.54 Å². The number of aryl methyl sites for hydroxylation is 1. The molecule has 0 atom stereocenters. The SMILES string of the molecule is CCNc1cc(F)c(C)cc1N. The van der Waals surface area contributed by atoms with Crippen molar-refractivity contribution in [2.75, 3.05) is 17.6 Å². The van der Waals surface area contributed by atoms with E-state index in [9.17, 15) is 4.39 Å². The summed E-state index contributed by atoms with van der Waals surface area (Å²) in [6.45, 7) is 4.38. The standard InChI is InChI=1S/C9H13FN2/c1-3-12-9-5-7(10)6(2)4-8(9)11/h4-5,12H,3,11H2,1-2H3. The Labute approximate surface area is 71.6 Å². The molecule has 0 amide bonds. The molecular weight excluding hydrogens is 155 g/mol. The summed E-state index contributed by atoms with van der Waals surface area (Å²) in [6, 6.07) is 3.06. The minimum Gasteiger partial charge on any atom is -0.397 e. The Kier molecular flexibility index (Phi) is 2.53. The second kappa shape index (κ2) is 3.43. The average molecular weight is 168 g/mol. The molecule has 0 aliphatic heterocycles. The predicted molar refractivity (Wildman–Crippen MR) is 49.7 cm³/mol. The molecule has 0 aliphatic rings. The van der Waals surface area contributed by atoms with Crippen molar-refractivity contribution in [3.8, 4) is 0 Å². The van der Waals surface area contributed by atoms with Gasteiger partial charge >= 0.3 is 0 Å². The third-order valence-corrected chi connectivity index (χ3v) is 1.70. The highest BCUT2D eigenvalue weighted by Gasteiger charge is 2.02. The van der Waals surface area contributed by atoms with Crippen molar-refractivity contribution in [3.63, 3.8) is 0 Å². The Hall–Kier alpha value is -1.25. The van der Waals surface area contributed by atoms with Crippen LogP contribution in [0.5, 0.6) is 0 Å². The fourth-order valence-corrected chi connectivity index (χ4v) is 1.05. The van der Waals surface area contributed by atoms with Crippen LogP contribution in [0.2, 0.25) is 0 Å². The van der Waals surface area contributed by atoms with Crippen molar-refractivity contribution in [1.82, 2.24) is 0 Å². The van der Waals surface area contributed by atoms with E-state index in [4.69, 9.17) is 5.73 Å². The third-order valence-electron chi connectivity index (χ3n) is 1.70. The molecule has 12 heavy (non-hydrogen) atoms. The van der Waals surface area contributed by atoms with E-state index in [-0.39, 0.29) is 5.82 Å². The van der Waals surface area contributed by atoms with Crippen LogP contribution >= 0.6 is 0 Å². The molecule has 1 aromatic rings. The Morgan fingerprint density at radius 2 is 2.17 bits per heavy atom. The van der Waals surface area contributed by atoms with Gasteiger partial charge in [-0.2, -0.15) is 0 Å². The highest BCUT2D eigenvalue weighted by molar-refractivity contribution is 5.67. The highest BCUT2D eigenvalue weighted by Crippen LogP contribution is 2.21. The van der Waals surface area contributed by atoms with Crippen molar-refractivity contribution >= 4 is 11.4 Å². The molecular formula is C9H13FN2. The quantitative estimate of drug-likeness (QED) is 0.664. The predicted octanol–water partition coefficient (Wildman–Crippen LogP) is 2.15. The highest BCUT2D eigenvalue weighted by atomic mass is 19.1. The molecule has 0 saturated heterocycles. The average Bonchev–Trinajstić information content (AvgIpc) is 2.01. The number of anilines is 2. The van der Waals surface area contributed by atoms with Crippen LogP contribution < -0.4 is 11.1 Å². The van der Waals surface area contributed by atoms with Gasteiger partial charge in [-0.05, 0) is 31.5 Å². The number of halogens is 1. The van der Waals surface area contributed by atoms with Gasteiger partial charge in [0.1, 0.15) is 5.82 Å². The topological polar surface area (TPSA) is 38.0 Å². The first kappa shape index (κ1) is 8.84. The molecule has 3 N–H and O–H groups in total. The lowest BCUT2D eigenvalue weighted by Gasteiger charge is -2.08. The summed E-state index contributed by atoms with van der Waals surface area (Å²) in [7, 11) is 0. The first-order chi connectivity index (χ1) is 5.65. The molecule has 3 heteroatoms. The maximum atomic E-state index is 13.0. The molecule has 0 heterocycles. The lowest BCUT2D eigenvalue weighted by Crippen LogP contribution is -2.02. The Bertz CT molecular complexity index is 284. The minimum absolute atomic E-state index is 0.222. The molecule has 66 valence electrons. The molecule has 2 nitrogen and oxygen atoms in total. The molecule has 0 fully saturated rings. The van der Waals surface area contributed by atoms with Crippen molar-refractivity contribution < 1.29 is 4.39 Å². The van der Waals surface area contributed by atoms with Crippen LogP contribution in [0.25, 0.3) is 0 Å². The van der Waals surface area contributed by atoms with Crippen molar-refractivity contribution in [2.24, 2.45) is 0 Å². The van der Waals surface area contributed by atoms with Crippen molar-refractivity contribution in [3.05, 3.63) is 23.5 Å². The zero-order valence-electron chi connectivity index (χ0n) is 7.32. The number of rotatable bonds is 2. The Balaban J connectivity index is 3.05. The van der Waals surface area contributed by atoms with Crippen LogP contribution in [-0.2, 0) is 0 Å². The summed E-state index contributed by atoms with van der Waals surface area (Å²) < 4.78 is 13.0. The second-order valence-electron chi connectivity index (χ2n) is 2.72. The fraction of sp³-hybridized carbons (Fsp3) is 0.333. The third kappa shape index (κ3) is 1.67. The zero-order valence-corrected chi connectivity index (χ0v) is 7.32. The summed E-state index contributed by atoms with van der Waals surface area (Å²) in [6.07, 6.45) is 0. The van der Waals surface area contributed by atoms with Crippen LogP contribution in [0.3, 0.4) is 0 Å². The summed E-state index contributed by atoms with van der Waals surface area (Å²) >= 11 is 0. The molecule has 1 rings (SSSR count). The minimum atomic E-state index is -0.222. The van der Waals surface area contributed by atoms with Gasteiger partial charge in [0.2, 0.25) is 0 Å². The number of nitrogens with two attached hydrogens (primary N) is 1. The zero-order chi connectivity index (χ0) is 9.14. The van der Waals surface area contributed by atoms with Gasteiger partial charge in [-0.25, -0.2) is 4.39 Å². The molecule has 0 bridgehead atoms.